The van der Waals surface area contributed by atoms with Crippen molar-refractivity contribution in [1.82, 2.24) is 0 Å². The zero-order valence-corrected chi connectivity index (χ0v) is 12.9. The average Bonchev–Trinajstić information content (AvgIpc) is 2.72. The molecule has 2 aromatic rings. The fraction of sp³-hybridized carbons (Fsp3) is 0.0667. The van der Waals surface area contributed by atoms with E-state index in [0.29, 0.717) is 16.7 Å². The monoisotopic (exact) mass is 378 g/mol. The molecule has 0 saturated heterocycles. The lowest BCUT2D eigenvalue weighted by molar-refractivity contribution is 0.101. The van der Waals surface area contributed by atoms with Gasteiger partial charge in [0.05, 0.1) is 0 Å². The third kappa shape index (κ3) is 1.99. The number of ketones is 2. The van der Waals surface area contributed by atoms with Gasteiger partial charge in [0.1, 0.15) is 3.74 Å². The maximum atomic E-state index is 12.3. The Morgan fingerprint density at radius 1 is 0.895 bits per heavy atom. The van der Waals surface area contributed by atoms with Gasteiger partial charge in [0.2, 0.25) is 0 Å². The third-order valence-electron chi connectivity index (χ3n) is 3.21. The van der Waals surface area contributed by atoms with Crippen LogP contribution in [0.5, 0.6) is 0 Å². The lowest BCUT2D eigenvalue weighted by Crippen LogP contribution is -2.08. The third-order valence-corrected chi connectivity index (χ3v) is 4.04. The Labute approximate surface area is 127 Å². The number of hydrogen-bond acceptors (Lipinski definition) is 2. The van der Waals surface area contributed by atoms with Crippen molar-refractivity contribution in [3.8, 4) is 11.1 Å². The number of Topliss-reactive ketones (excluding diaryl/α,β-unsaturated/α-hetero) is 1. The van der Waals surface area contributed by atoms with E-state index in [9.17, 15) is 9.59 Å². The molecule has 0 spiro atoms. The van der Waals surface area contributed by atoms with E-state index in [4.69, 9.17) is 0 Å². The van der Waals surface area contributed by atoms with Crippen LogP contribution in [0.25, 0.3) is 11.1 Å². The second-order valence-electron chi connectivity index (χ2n) is 4.30. The zero-order valence-electron chi connectivity index (χ0n) is 9.69. The predicted octanol–water partition coefficient (Wildman–Crippen LogP) is 4.20. The van der Waals surface area contributed by atoms with Crippen molar-refractivity contribution >= 4 is 43.4 Å². The van der Waals surface area contributed by atoms with Crippen molar-refractivity contribution in [3.05, 3.63) is 59.2 Å². The molecule has 0 aliphatic heterocycles. The van der Waals surface area contributed by atoms with E-state index in [2.05, 4.69) is 31.9 Å². The molecule has 0 aromatic heterocycles. The van der Waals surface area contributed by atoms with Crippen LogP contribution in [0.15, 0.2) is 42.5 Å². The van der Waals surface area contributed by atoms with Crippen molar-refractivity contribution in [2.24, 2.45) is 0 Å². The average molecular weight is 380 g/mol. The van der Waals surface area contributed by atoms with Gasteiger partial charge in [0.15, 0.2) is 11.6 Å². The summed E-state index contributed by atoms with van der Waals surface area (Å²) in [5.41, 5.74) is 3.68. The molecule has 2 nitrogen and oxygen atoms in total. The molecule has 4 heteroatoms. The van der Waals surface area contributed by atoms with Crippen molar-refractivity contribution in [1.29, 1.82) is 0 Å². The summed E-state index contributed by atoms with van der Waals surface area (Å²) >= 11 is 6.37. The minimum atomic E-state index is -0.433. The maximum absolute atomic E-state index is 12.3. The first-order valence-corrected chi connectivity index (χ1v) is 7.53. The molecule has 19 heavy (non-hydrogen) atoms. The normalized spacial score (nSPS) is 12.5. The first kappa shape index (κ1) is 12.8. The maximum Gasteiger partial charge on any atom is 0.194 e. The Bertz CT molecular complexity index is 705. The topological polar surface area (TPSA) is 34.1 Å². The molecule has 0 fully saturated rings. The lowest BCUT2D eigenvalue weighted by atomic mass is 10.0. The largest absolute Gasteiger partial charge is 0.292 e. The van der Waals surface area contributed by atoms with E-state index in [0.717, 1.165) is 11.1 Å². The Balaban J connectivity index is 2.15. The van der Waals surface area contributed by atoms with Crippen LogP contribution in [0.4, 0.5) is 0 Å². The zero-order chi connectivity index (χ0) is 13.6. The number of carbonyl (C=O) groups is 2. The van der Waals surface area contributed by atoms with Crippen LogP contribution in [-0.2, 0) is 0 Å². The Hall–Kier alpha value is -1.26. The predicted molar refractivity (Wildman–Crippen MR) is 81.3 cm³/mol. The summed E-state index contributed by atoms with van der Waals surface area (Å²) in [5.74, 6) is -0.104. The number of fused-ring (bicyclic) bond motifs is 3. The van der Waals surface area contributed by atoms with Gasteiger partial charge in [-0.05, 0) is 17.2 Å². The molecule has 94 valence electrons. The lowest BCUT2D eigenvalue weighted by Gasteiger charge is -2.04. The summed E-state index contributed by atoms with van der Waals surface area (Å²) in [4.78, 5) is 24.2. The number of hydrogen-bond donors (Lipinski definition) is 0. The second-order valence-corrected chi connectivity index (χ2v) is 7.36. The van der Waals surface area contributed by atoms with Gasteiger partial charge in [0, 0.05) is 16.7 Å². The van der Waals surface area contributed by atoms with E-state index in [1.165, 1.54) is 0 Å². The molecule has 0 unspecified atom stereocenters. The summed E-state index contributed by atoms with van der Waals surface area (Å²) in [5, 5.41) is 0. The standard InChI is InChI=1S/C15H8Br2O2/c16-15(17)13(18)8-5-6-10-9-3-1-2-4-11(9)14(19)12(10)7-8/h1-7,15H. The van der Waals surface area contributed by atoms with Gasteiger partial charge in [-0.25, -0.2) is 0 Å². The number of benzene rings is 2. The van der Waals surface area contributed by atoms with Gasteiger partial charge in [-0.1, -0.05) is 68.3 Å². The van der Waals surface area contributed by atoms with E-state index in [1.807, 2.05) is 30.3 Å². The van der Waals surface area contributed by atoms with Gasteiger partial charge in [-0.3, -0.25) is 9.59 Å². The van der Waals surface area contributed by atoms with Crippen molar-refractivity contribution < 1.29 is 9.59 Å². The molecular weight excluding hydrogens is 372 g/mol. The highest BCUT2D eigenvalue weighted by molar-refractivity contribution is 9.25. The molecule has 1 aliphatic carbocycles. The van der Waals surface area contributed by atoms with Gasteiger partial charge in [-0.2, -0.15) is 0 Å². The molecule has 0 atom stereocenters. The van der Waals surface area contributed by atoms with Gasteiger partial charge in [-0.15, -0.1) is 0 Å². The number of halogens is 2. The molecule has 1 aliphatic rings. The summed E-state index contributed by atoms with van der Waals surface area (Å²) in [6.07, 6.45) is 0. The Morgan fingerprint density at radius 2 is 1.53 bits per heavy atom. The number of rotatable bonds is 2. The van der Waals surface area contributed by atoms with Crippen molar-refractivity contribution in [2.45, 2.75) is 3.74 Å². The molecule has 0 amide bonds. The summed E-state index contributed by atoms with van der Waals surface area (Å²) in [7, 11) is 0. The molecule has 3 rings (SSSR count). The smallest absolute Gasteiger partial charge is 0.194 e. The van der Waals surface area contributed by atoms with Gasteiger partial charge >= 0.3 is 0 Å². The van der Waals surface area contributed by atoms with E-state index < -0.39 is 3.74 Å². The van der Waals surface area contributed by atoms with Crippen LogP contribution in [0, 0.1) is 0 Å². The van der Waals surface area contributed by atoms with E-state index in [1.54, 1.807) is 12.1 Å². The summed E-state index contributed by atoms with van der Waals surface area (Å²) in [6.45, 7) is 0. The van der Waals surface area contributed by atoms with Crippen molar-refractivity contribution in [3.63, 3.8) is 0 Å². The quantitative estimate of drug-likeness (QED) is 0.494. The summed E-state index contributed by atoms with van der Waals surface area (Å²) in [6, 6.07) is 12.8. The highest BCUT2D eigenvalue weighted by Crippen LogP contribution is 2.37. The fourth-order valence-corrected chi connectivity index (χ4v) is 2.84. The highest BCUT2D eigenvalue weighted by Gasteiger charge is 2.27. The molecule has 2 aromatic carbocycles. The van der Waals surface area contributed by atoms with Crippen LogP contribution >= 0.6 is 31.9 Å². The molecule has 0 N–H and O–H groups in total. The SMILES string of the molecule is O=C1c2ccccc2-c2ccc(C(=O)C(Br)Br)cc21. The van der Waals surface area contributed by atoms with Crippen LogP contribution in [-0.4, -0.2) is 15.3 Å². The fourth-order valence-electron chi connectivity index (χ4n) is 2.31. The van der Waals surface area contributed by atoms with Crippen LogP contribution in [0.3, 0.4) is 0 Å². The van der Waals surface area contributed by atoms with Crippen LogP contribution in [0.1, 0.15) is 26.3 Å². The first-order chi connectivity index (χ1) is 9.09. The molecular formula is C15H8Br2O2. The molecule has 0 heterocycles. The molecule has 0 saturated carbocycles. The minimum Gasteiger partial charge on any atom is -0.292 e. The minimum absolute atomic E-state index is 0.0130. The van der Waals surface area contributed by atoms with E-state index in [-0.39, 0.29) is 11.6 Å². The van der Waals surface area contributed by atoms with Gasteiger partial charge in [0.25, 0.3) is 0 Å². The molecule has 0 radical (unpaired) electrons. The number of carbonyl (C=O) groups excluding carboxylic acids is 2. The second kappa shape index (κ2) is 4.69. The Kier molecular flexibility index (Phi) is 3.15. The van der Waals surface area contributed by atoms with Crippen molar-refractivity contribution in [2.75, 3.05) is 0 Å². The summed E-state index contributed by atoms with van der Waals surface area (Å²) < 4.78 is -0.433. The van der Waals surface area contributed by atoms with Crippen LogP contribution in [0.2, 0.25) is 0 Å². The van der Waals surface area contributed by atoms with Gasteiger partial charge < -0.3 is 0 Å². The first-order valence-electron chi connectivity index (χ1n) is 5.70. The Morgan fingerprint density at radius 3 is 2.21 bits per heavy atom. The highest BCUT2D eigenvalue weighted by atomic mass is 79.9. The van der Waals surface area contributed by atoms with Crippen LogP contribution < -0.4 is 0 Å². The number of alkyl halides is 2. The van der Waals surface area contributed by atoms with E-state index >= 15 is 0 Å². The molecule has 0 bridgehead atoms.